The number of aliphatic imine (C=N–C) groups is 1. The number of rotatable bonds is 2. The van der Waals surface area contributed by atoms with Gasteiger partial charge in [0.25, 0.3) is 0 Å². The third-order valence-corrected chi connectivity index (χ3v) is 2.25. The lowest BCUT2D eigenvalue weighted by atomic mass is 10.2. The van der Waals surface area contributed by atoms with Crippen molar-refractivity contribution in [3.05, 3.63) is 34.4 Å². The molecule has 0 saturated carbocycles. The number of nitrogens with zero attached hydrogens (tertiary/aromatic N) is 1. The molecule has 0 unspecified atom stereocenters. The summed E-state index contributed by atoms with van der Waals surface area (Å²) in [7, 11) is 1.62. The Balaban J connectivity index is 2.97. The summed E-state index contributed by atoms with van der Waals surface area (Å²) in [6.45, 7) is 3.29. The zero-order valence-corrected chi connectivity index (χ0v) is 8.58. The number of halogens is 1. The van der Waals surface area contributed by atoms with E-state index in [0.717, 1.165) is 0 Å². The monoisotopic (exact) mass is 220 g/mol. The highest BCUT2D eigenvalue weighted by Gasteiger charge is 2.12. The molecule has 4 nitrogen and oxygen atoms in total. The van der Waals surface area contributed by atoms with Gasteiger partial charge in [-0.15, -0.1) is 0 Å². The molecule has 82 valence electrons. The maximum Gasteiger partial charge on any atom is 0.364 e. The Bertz CT molecular complexity index is 619. The fraction of sp³-hybridized carbons (Fsp3) is 0.0909. The summed E-state index contributed by atoms with van der Waals surface area (Å²) >= 11 is 0. The van der Waals surface area contributed by atoms with E-state index >= 15 is 0 Å². The molecule has 0 spiro atoms. The van der Waals surface area contributed by atoms with Gasteiger partial charge in [0.2, 0.25) is 0 Å². The van der Waals surface area contributed by atoms with Gasteiger partial charge >= 0.3 is 5.63 Å². The third kappa shape index (κ3) is 1.46. The van der Waals surface area contributed by atoms with Crippen LogP contribution in [0.3, 0.4) is 0 Å². The van der Waals surface area contributed by atoms with Crippen LogP contribution in [0.1, 0.15) is 0 Å². The second-order valence-corrected chi connectivity index (χ2v) is 3.16. The van der Waals surface area contributed by atoms with Crippen LogP contribution < -0.4 is 10.9 Å². The van der Waals surface area contributed by atoms with Crippen molar-refractivity contribution < 1.29 is 8.81 Å². The lowest BCUT2D eigenvalue weighted by Gasteiger charge is -2.07. The molecule has 0 aliphatic rings. The van der Waals surface area contributed by atoms with Gasteiger partial charge < -0.3 is 9.73 Å². The van der Waals surface area contributed by atoms with E-state index in [2.05, 4.69) is 17.0 Å². The summed E-state index contributed by atoms with van der Waals surface area (Å²) in [4.78, 5) is 15.1. The maximum atomic E-state index is 13.1. The molecule has 1 aromatic carbocycles. The molecule has 2 rings (SSSR count). The smallest absolute Gasteiger partial charge is 0.364 e. The Hall–Kier alpha value is -2.17. The number of hydrogen-bond donors (Lipinski definition) is 1. The molecule has 0 radical (unpaired) electrons. The first kappa shape index (κ1) is 10.4. The van der Waals surface area contributed by atoms with E-state index in [1.165, 1.54) is 18.2 Å². The van der Waals surface area contributed by atoms with Gasteiger partial charge in [0.15, 0.2) is 5.69 Å². The van der Waals surface area contributed by atoms with Gasteiger partial charge in [-0.25, -0.2) is 9.18 Å². The summed E-state index contributed by atoms with van der Waals surface area (Å²) < 4.78 is 18.1. The molecule has 2 aromatic rings. The molecule has 0 aliphatic heterocycles. The number of benzene rings is 1. The molecular weight excluding hydrogens is 211 g/mol. The topological polar surface area (TPSA) is 54.6 Å². The van der Waals surface area contributed by atoms with Crippen LogP contribution in [0.15, 0.2) is 32.4 Å². The van der Waals surface area contributed by atoms with Crippen molar-refractivity contribution in [2.45, 2.75) is 0 Å². The van der Waals surface area contributed by atoms with Crippen molar-refractivity contribution in [3.8, 4) is 0 Å². The lowest BCUT2D eigenvalue weighted by molar-refractivity contribution is 0.561. The fourth-order valence-electron chi connectivity index (χ4n) is 1.56. The normalized spacial score (nSPS) is 10.4. The first-order chi connectivity index (χ1) is 7.67. The van der Waals surface area contributed by atoms with Crippen molar-refractivity contribution in [2.24, 2.45) is 4.99 Å². The van der Waals surface area contributed by atoms with Crippen LogP contribution in [0.2, 0.25) is 0 Å². The van der Waals surface area contributed by atoms with Gasteiger partial charge in [0.1, 0.15) is 11.4 Å². The molecule has 1 aromatic heterocycles. The van der Waals surface area contributed by atoms with Gasteiger partial charge in [-0.2, -0.15) is 0 Å². The zero-order chi connectivity index (χ0) is 11.7. The Morgan fingerprint density at radius 3 is 2.88 bits per heavy atom. The first-order valence-electron chi connectivity index (χ1n) is 4.58. The van der Waals surface area contributed by atoms with Gasteiger partial charge in [0, 0.05) is 12.4 Å². The average molecular weight is 220 g/mol. The summed E-state index contributed by atoms with van der Waals surface area (Å²) in [6, 6.07) is 3.91. The van der Waals surface area contributed by atoms with E-state index in [1.54, 1.807) is 7.05 Å². The fourth-order valence-corrected chi connectivity index (χ4v) is 1.56. The quantitative estimate of drug-likeness (QED) is 0.624. The molecule has 5 heteroatoms. The largest absolute Gasteiger partial charge is 0.421 e. The van der Waals surface area contributed by atoms with E-state index in [4.69, 9.17) is 4.42 Å². The Kier molecular flexibility index (Phi) is 2.44. The van der Waals surface area contributed by atoms with Crippen molar-refractivity contribution >= 4 is 29.1 Å². The third-order valence-electron chi connectivity index (χ3n) is 2.25. The van der Waals surface area contributed by atoms with E-state index in [0.29, 0.717) is 16.7 Å². The number of fused-ring (bicyclic) bond motifs is 1. The van der Waals surface area contributed by atoms with E-state index in [-0.39, 0.29) is 5.69 Å². The summed E-state index contributed by atoms with van der Waals surface area (Å²) in [6.07, 6.45) is 0. The molecule has 0 amide bonds. The lowest BCUT2D eigenvalue weighted by Crippen LogP contribution is -2.03. The Labute approximate surface area is 90.4 Å². The van der Waals surface area contributed by atoms with Crippen LogP contribution in [0.4, 0.5) is 15.8 Å². The molecule has 0 saturated heterocycles. The van der Waals surface area contributed by atoms with Crippen LogP contribution in [0, 0.1) is 5.82 Å². The molecule has 16 heavy (non-hydrogen) atoms. The van der Waals surface area contributed by atoms with Gasteiger partial charge in [-0.05, 0) is 24.9 Å². The van der Waals surface area contributed by atoms with Crippen molar-refractivity contribution in [2.75, 3.05) is 12.4 Å². The van der Waals surface area contributed by atoms with E-state index in [1.807, 2.05) is 0 Å². The van der Waals surface area contributed by atoms with Gasteiger partial charge in [-0.3, -0.25) is 4.99 Å². The molecular formula is C11H9FN2O2. The van der Waals surface area contributed by atoms with Crippen molar-refractivity contribution in [3.63, 3.8) is 0 Å². The predicted molar refractivity (Wildman–Crippen MR) is 61.2 cm³/mol. The standard InChI is InChI=1S/C11H9FN2O2/c1-13-9-7-5-6(12)3-4-8(7)16-11(15)10(9)14-2/h3-5,13H,2H2,1H3. The van der Waals surface area contributed by atoms with Crippen LogP contribution in [-0.2, 0) is 0 Å². The predicted octanol–water partition coefficient (Wildman–Crippen LogP) is 2.31. The average Bonchev–Trinajstić information content (AvgIpc) is 2.28. The van der Waals surface area contributed by atoms with Gasteiger partial charge in [0.05, 0.1) is 5.69 Å². The first-order valence-corrected chi connectivity index (χ1v) is 4.58. The highest BCUT2D eigenvalue weighted by Crippen LogP contribution is 2.29. The van der Waals surface area contributed by atoms with Crippen molar-refractivity contribution in [1.29, 1.82) is 0 Å². The summed E-state index contributed by atoms with van der Waals surface area (Å²) in [5.41, 5.74) is 0.183. The van der Waals surface area contributed by atoms with Crippen LogP contribution in [0.5, 0.6) is 0 Å². The van der Waals surface area contributed by atoms with Crippen LogP contribution >= 0.6 is 0 Å². The number of nitrogens with one attached hydrogen (secondary N) is 1. The zero-order valence-electron chi connectivity index (χ0n) is 8.58. The van der Waals surface area contributed by atoms with Crippen molar-refractivity contribution in [1.82, 2.24) is 0 Å². The highest BCUT2D eigenvalue weighted by molar-refractivity contribution is 5.95. The van der Waals surface area contributed by atoms with E-state index < -0.39 is 11.4 Å². The molecule has 0 fully saturated rings. The second kappa shape index (κ2) is 3.77. The SMILES string of the molecule is C=Nc1c(NC)c2cc(F)ccc2oc1=O. The van der Waals surface area contributed by atoms with Gasteiger partial charge in [-0.1, -0.05) is 0 Å². The van der Waals surface area contributed by atoms with Crippen LogP contribution in [0.25, 0.3) is 11.0 Å². The van der Waals surface area contributed by atoms with Crippen LogP contribution in [-0.4, -0.2) is 13.8 Å². The molecule has 1 N–H and O–H groups in total. The highest BCUT2D eigenvalue weighted by atomic mass is 19.1. The molecule has 0 bridgehead atoms. The second-order valence-electron chi connectivity index (χ2n) is 3.16. The maximum absolute atomic E-state index is 13.1. The number of hydrogen-bond acceptors (Lipinski definition) is 4. The minimum absolute atomic E-state index is 0.0561. The minimum Gasteiger partial charge on any atom is -0.421 e. The summed E-state index contributed by atoms with van der Waals surface area (Å²) in [5, 5.41) is 3.26. The number of anilines is 1. The molecule has 0 aliphatic carbocycles. The Morgan fingerprint density at radius 1 is 1.50 bits per heavy atom. The molecule has 0 atom stereocenters. The summed E-state index contributed by atoms with van der Waals surface area (Å²) in [5.74, 6) is -0.409. The Morgan fingerprint density at radius 2 is 2.25 bits per heavy atom. The molecule has 1 heterocycles. The minimum atomic E-state index is -0.599. The van der Waals surface area contributed by atoms with E-state index in [9.17, 15) is 9.18 Å².